The van der Waals surface area contributed by atoms with Crippen molar-refractivity contribution in [2.75, 3.05) is 0 Å². The van der Waals surface area contributed by atoms with Crippen molar-refractivity contribution in [3.63, 3.8) is 0 Å². The van der Waals surface area contributed by atoms with Crippen LogP contribution in [0.1, 0.15) is 13.8 Å². The van der Waals surface area contributed by atoms with Crippen LogP contribution in [0, 0.1) is 0 Å². The maximum absolute atomic E-state index is 9.16. The maximum atomic E-state index is 9.16. The Morgan fingerprint density at radius 3 is 2.22 bits per heavy atom. The van der Waals surface area contributed by atoms with Gasteiger partial charge in [0, 0.05) is 4.48 Å². The zero-order valence-electron chi connectivity index (χ0n) is 5.69. The highest BCUT2D eigenvalue weighted by atomic mass is 79.9. The minimum atomic E-state index is -0.757. The number of halogens is 1. The van der Waals surface area contributed by atoms with E-state index in [9.17, 15) is 0 Å². The van der Waals surface area contributed by atoms with E-state index in [-0.39, 0.29) is 0 Å². The summed E-state index contributed by atoms with van der Waals surface area (Å²) in [5.74, 6) is 0. The van der Waals surface area contributed by atoms with E-state index < -0.39 is 5.60 Å². The molecule has 1 nitrogen and oxygen atoms in total. The Morgan fingerprint density at radius 1 is 1.67 bits per heavy atom. The molecule has 9 heavy (non-hydrogen) atoms. The van der Waals surface area contributed by atoms with Crippen LogP contribution < -0.4 is 0 Å². The summed E-state index contributed by atoms with van der Waals surface area (Å²) in [6.45, 7) is 6.93. The van der Waals surface area contributed by atoms with E-state index >= 15 is 0 Å². The second-order valence-corrected chi connectivity index (χ2v) is 3.30. The molecule has 0 aromatic heterocycles. The summed E-state index contributed by atoms with van der Waals surface area (Å²) in [6, 6.07) is 0. The van der Waals surface area contributed by atoms with Crippen LogP contribution in [0.5, 0.6) is 0 Å². The molecule has 0 unspecified atom stereocenters. The molecule has 0 spiro atoms. The van der Waals surface area contributed by atoms with Crippen LogP contribution in [-0.4, -0.2) is 10.7 Å². The molecule has 0 heterocycles. The molecule has 2 heteroatoms. The third-order valence-electron chi connectivity index (χ3n) is 0.686. The predicted molar refractivity (Wildman–Crippen MR) is 43.5 cm³/mol. The molecule has 0 aliphatic rings. The summed E-state index contributed by atoms with van der Waals surface area (Å²) in [5.41, 5.74) is -0.757. The molecule has 0 aliphatic carbocycles. The van der Waals surface area contributed by atoms with Gasteiger partial charge in [-0.2, -0.15) is 0 Å². The molecule has 0 bridgehead atoms. The van der Waals surface area contributed by atoms with Gasteiger partial charge < -0.3 is 5.11 Å². The van der Waals surface area contributed by atoms with Crippen LogP contribution in [0.4, 0.5) is 0 Å². The van der Waals surface area contributed by atoms with Crippen LogP contribution in [0.3, 0.4) is 0 Å². The van der Waals surface area contributed by atoms with Gasteiger partial charge in [-0.1, -0.05) is 28.6 Å². The first-order chi connectivity index (χ1) is 3.95. The summed E-state index contributed by atoms with van der Waals surface area (Å²) < 4.78 is 0.815. The molecular formula is C7H11BrO. The minimum Gasteiger partial charge on any atom is -0.386 e. The molecule has 0 amide bonds. The second-order valence-electron chi connectivity index (χ2n) is 2.39. The zero-order valence-corrected chi connectivity index (χ0v) is 7.27. The minimum absolute atomic E-state index is 0.757. The Hall–Kier alpha value is -0.0800. The molecule has 0 fully saturated rings. The molecule has 0 saturated heterocycles. The van der Waals surface area contributed by atoms with Crippen molar-refractivity contribution in [3.8, 4) is 0 Å². The highest BCUT2D eigenvalue weighted by Gasteiger charge is 2.06. The molecule has 0 aromatic carbocycles. The smallest absolute Gasteiger partial charge is 0.0785 e. The Labute approximate surface area is 64.2 Å². The largest absolute Gasteiger partial charge is 0.386 e. The lowest BCUT2D eigenvalue weighted by Crippen LogP contribution is -2.13. The van der Waals surface area contributed by atoms with E-state index in [0.717, 1.165) is 4.48 Å². The lowest BCUT2D eigenvalue weighted by atomic mass is 10.1. The van der Waals surface area contributed by atoms with Crippen LogP contribution >= 0.6 is 15.9 Å². The van der Waals surface area contributed by atoms with Crippen molar-refractivity contribution in [1.82, 2.24) is 0 Å². The molecule has 0 aliphatic heterocycles. The van der Waals surface area contributed by atoms with Crippen molar-refractivity contribution >= 4 is 15.9 Å². The summed E-state index contributed by atoms with van der Waals surface area (Å²) in [7, 11) is 0. The van der Waals surface area contributed by atoms with Gasteiger partial charge in [0.2, 0.25) is 0 Å². The SMILES string of the molecule is C=C/C(Br)=C\C(C)(C)O. The number of allylic oxidation sites excluding steroid dienone is 2. The Balaban J connectivity index is 4.11. The van der Waals surface area contributed by atoms with Gasteiger partial charge in [-0.05, 0) is 19.9 Å². The van der Waals surface area contributed by atoms with E-state index in [4.69, 9.17) is 5.11 Å². The average molecular weight is 191 g/mol. The highest BCUT2D eigenvalue weighted by Crippen LogP contribution is 2.12. The average Bonchev–Trinajstić information content (AvgIpc) is 1.62. The van der Waals surface area contributed by atoms with Crippen LogP contribution in [0.15, 0.2) is 23.2 Å². The van der Waals surface area contributed by atoms with Crippen molar-refractivity contribution in [3.05, 3.63) is 23.2 Å². The third-order valence-corrected chi connectivity index (χ3v) is 1.24. The van der Waals surface area contributed by atoms with Crippen molar-refractivity contribution < 1.29 is 5.11 Å². The van der Waals surface area contributed by atoms with Crippen molar-refractivity contribution in [1.29, 1.82) is 0 Å². The predicted octanol–water partition coefficient (Wildman–Crippen LogP) is 2.22. The molecule has 0 saturated carbocycles. The van der Waals surface area contributed by atoms with Gasteiger partial charge in [-0.3, -0.25) is 0 Å². The maximum Gasteiger partial charge on any atom is 0.0785 e. The van der Waals surface area contributed by atoms with Gasteiger partial charge in [0.15, 0.2) is 0 Å². The summed E-state index contributed by atoms with van der Waals surface area (Å²) >= 11 is 3.20. The van der Waals surface area contributed by atoms with Crippen LogP contribution in [0.2, 0.25) is 0 Å². The first-order valence-corrected chi connectivity index (χ1v) is 3.48. The van der Waals surface area contributed by atoms with Crippen LogP contribution in [-0.2, 0) is 0 Å². The first-order valence-electron chi connectivity index (χ1n) is 2.69. The van der Waals surface area contributed by atoms with Gasteiger partial charge in [-0.25, -0.2) is 0 Å². The number of rotatable bonds is 2. The van der Waals surface area contributed by atoms with E-state index in [1.807, 2.05) is 0 Å². The van der Waals surface area contributed by atoms with E-state index in [1.165, 1.54) is 0 Å². The van der Waals surface area contributed by atoms with Gasteiger partial charge >= 0.3 is 0 Å². The van der Waals surface area contributed by atoms with Gasteiger partial charge in [0.1, 0.15) is 0 Å². The summed E-state index contributed by atoms with van der Waals surface area (Å²) in [6.07, 6.45) is 3.32. The number of hydrogen-bond acceptors (Lipinski definition) is 1. The van der Waals surface area contributed by atoms with Crippen molar-refractivity contribution in [2.24, 2.45) is 0 Å². The first kappa shape index (κ1) is 8.92. The topological polar surface area (TPSA) is 20.2 Å². The van der Waals surface area contributed by atoms with Gasteiger partial charge in [-0.15, -0.1) is 0 Å². The van der Waals surface area contributed by atoms with E-state index in [2.05, 4.69) is 22.5 Å². The van der Waals surface area contributed by atoms with Gasteiger partial charge in [0.05, 0.1) is 5.60 Å². The summed E-state index contributed by atoms with van der Waals surface area (Å²) in [5, 5.41) is 9.16. The highest BCUT2D eigenvalue weighted by molar-refractivity contribution is 9.11. The molecule has 0 rings (SSSR count). The number of hydrogen-bond donors (Lipinski definition) is 1. The molecule has 0 radical (unpaired) electrons. The standard InChI is InChI=1S/C7H11BrO/c1-4-6(8)5-7(2,3)9/h4-5,9H,1H2,2-3H3/b6-5+. The fourth-order valence-electron chi connectivity index (χ4n) is 0.396. The summed E-state index contributed by atoms with van der Waals surface area (Å²) in [4.78, 5) is 0. The van der Waals surface area contributed by atoms with Crippen molar-refractivity contribution in [2.45, 2.75) is 19.4 Å². The van der Waals surface area contributed by atoms with Crippen LogP contribution in [0.25, 0.3) is 0 Å². The number of aliphatic hydroxyl groups is 1. The lowest BCUT2D eigenvalue weighted by molar-refractivity contribution is 0.133. The third kappa shape index (κ3) is 5.80. The Bertz CT molecular complexity index is 130. The zero-order chi connectivity index (χ0) is 7.49. The second kappa shape index (κ2) is 3.18. The monoisotopic (exact) mass is 190 g/mol. The quantitative estimate of drug-likeness (QED) is 0.663. The molecule has 0 aromatic rings. The fourth-order valence-corrected chi connectivity index (χ4v) is 0.957. The molecular weight excluding hydrogens is 180 g/mol. The van der Waals surface area contributed by atoms with Gasteiger partial charge in [0.25, 0.3) is 0 Å². The Morgan fingerprint density at radius 2 is 2.11 bits per heavy atom. The molecule has 52 valence electrons. The lowest BCUT2D eigenvalue weighted by Gasteiger charge is -2.10. The Kier molecular flexibility index (Phi) is 3.15. The van der Waals surface area contributed by atoms with E-state index in [0.29, 0.717) is 0 Å². The normalized spacial score (nSPS) is 13.6. The molecule has 1 N–H and O–H groups in total. The van der Waals surface area contributed by atoms with E-state index in [1.54, 1.807) is 26.0 Å². The fraction of sp³-hybridized carbons (Fsp3) is 0.429. The molecule has 0 atom stereocenters.